The molecule has 0 saturated heterocycles. The Morgan fingerprint density at radius 2 is 1.64 bits per heavy atom. The van der Waals surface area contributed by atoms with Crippen LogP contribution < -0.4 is 18.9 Å². The lowest BCUT2D eigenvalue weighted by Crippen LogP contribution is -2.37. The molecule has 0 aromatic heterocycles. The fraction of sp³-hybridized carbons (Fsp3) is 0.269. The number of aromatic hydroxyl groups is 3. The number of hydrogen-bond donors (Lipinski definition) is 5. The zero-order chi connectivity index (χ0) is 25.7. The Kier molecular flexibility index (Phi) is 5.77. The molecule has 3 aromatic carbocycles. The van der Waals surface area contributed by atoms with Crippen molar-refractivity contribution in [1.29, 1.82) is 0 Å². The Morgan fingerprint density at radius 3 is 2.33 bits per heavy atom. The van der Waals surface area contributed by atoms with E-state index in [1.165, 1.54) is 44.6 Å². The average Bonchev–Trinajstić information content (AvgIpc) is 3.27. The minimum Gasteiger partial charge on any atom is -0.507 e. The fourth-order valence-corrected chi connectivity index (χ4v) is 4.83. The molecule has 0 unspecified atom stereocenters. The third kappa shape index (κ3) is 3.53. The summed E-state index contributed by atoms with van der Waals surface area (Å²) in [6, 6.07) is 10.1. The van der Waals surface area contributed by atoms with Gasteiger partial charge in [0.2, 0.25) is 5.78 Å². The summed E-state index contributed by atoms with van der Waals surface area (Å²) in [7, 11) is 2.80. The maximum Gasteiger partial charge on any atom is 0.202 e. The number of phenolic OH excluding ortho intramolecular Hbond substituents is 3. The zero-order valence-electron chi connectivity index (χ0n) is 19.3. The summed E-state index contributed by atoms with van der Waals surface area (Å²) in [6.07, 6.45) is -3.69. The molecule has 10 nitrogen and oxygen atoms in total. The third-order valence-electron chi connectivity index (χ3n) is 6.57. The van der Waals surface area contributed by atoms with Crippen molar-refractivity contribution in [1.82, 2.24) is 0 Å². The molecule has 2 aliphatic rings. The van der Waals surface area contributed by atoms with E-state index in [9.17, 15) is 30.3 Å². The molecule has 0 fully saturated rings. The molecule has 3 aromatic rings. The highest BCUT2D eigenvalue weighted by Gasteiger charge is 2.45. The van der Waals surface area contributed by atoms with Crippen LogP contribution in [0.3, 0.4) is 0 Å². The number of hydrogen-bond acceptors (Lipinski definition) is 10. The minimum absolute atomic E-state index is 0.0215. The number of carbonyl (C=O) groups is 1. The molecule has 5 rings (SSSR count). The lowest BCUT2D eigenvalue weighted by molar-refractivity contribution is 0.0206. The maximum atomic E-state index is 13.0. The van der Waals surface area contributed by atoms with Gasteiger partial charge >= 0.3 is 0 Å². The van der Waals surface area contributed by atoms with Crippen molar-refractivity contribution in [3.8, 4) is 40.2 Å². The molecule has 4 atom stereocenters. The molecule has 2 heterocycles. The van der Waals surface area contributed by atoms with Gasteiger partial charge in [0.05, 0.1) is 26.7 Å². The molecular formula is C26H24O10. The topological polar surface area (TPSA) is 155 Å². The van der Waals surface area contributed by atoms with Crippen LogP contribution in [0.5, 0.6) is 40.2 Å². The lowest BCUT2D eigenvalue weighted by Gasteiger charge is -2.32. The van der Waals surface area contributed by atoms with Gasteiger partial charge in [-0.25, -0.2) is 0 Å². The molecule has 36 heavy (non-hydrogen) atoms. The van der Waals surface area contributed by atoms with Crippen LogP contribution in [-0.4, -0.2) is 58.2 Å². The molecule has 0 amide bonds. The van der Waals surface area contributed by atoms with Crippen LogP contribution in [0.25, 0.3) is 0 Å². The van der Waals surface area contributed by atoms with Crippen molar-refractivity contribution in [2.24, 2.45) is 0 Å². The van der Waals surface area contributed by atoms with Gasteiger partial charge in [-0.2, -0.15) is 0 Å². The average molecular weight is 496 g/mol. The molecular weight excluding hydrogens is 472 g/mol. The Morgan fingerprint density at radius 1 is 0.889 bits per heavy atom. The van der Waals surface area contributed by atoms with Gasteiger partial charge in [-0.15, -0.1) is 0 Å². The first-order chi connectivity index (χ1) is 17.3. The SMILES string of the molecule is COc1cc(O)c2c(c1)O[C@H](c1ccc(O)c3c1[C@H](CO)[C@@H](c1ccc(O)c(OC)c1)O3)[C@@H](O)C2=O. The second-order valence-electron chi connectivity index (χ2n) is 8.54. The van der Waals surface area contributed by atoms with Crippen LogP contribution in [0.2, 0.25) is 0 Å². The summed E-state index contributed by atoms with van der Waals surface area (Å²) in [4.78, 5) is 13.0. The smallest absolute Gasteiger partial charge is 0.202 e. The molecule has 0 aliphatic carbocycles. The van der Waals surface area contributed by atoms with E-state index in [4.69, 9.17) is 18.9 Å². The Bertz CT molecular complexity index is 1350. The highest BCUT2D eigenvalue weighted by molar-refractivity contribution is 6.05. The monoisotopic (exact) mass is 496 g/mol. The van der Waals surface area contributed by atoms with E-state index in [1.54, 1.807) is 12.1 Å². The second kappa shape index (κ2) is 8.81. The van der Waals surface area contributed by atoms with E-state index in [2.05, 4.69) is 0 Å². The summed E-state index contributed by atoms with van der Waals surface area (Å²) in [5.41, 5.74) is 1.08. The Labute approximate surface area is 205 Å². The summed E-state index contributed by atoms with van der Waals surface area (Å²) < 4.78 is 22.4. The van der Waals surface area contributed by atoms with Crippen molar-refractivity contribution in [3.63, 3.8) is 0 Å². The van der Waals surface area contributed by atoms with Crippen LogP contribution in [0.1, 0.15) is 45.2 Å². The van der Waals surface area contributed by atoms with Gasteiger partial charge in [-0.05, 0) is 23.8 Å². The number of aliphatic hydroxyl groups is 2. The number of benzene rings is 3. The summed E-state index contributed by atoms with van der Waals surface area (Å²) in [5.74, 6) is -1.57. The van der Waals surface area contributed by atoms with Crippen molar-refractivity contribution in [2.75, 3.05) is 20.8 Å². The standard InChI is InChI=1S/C26H24O10/c1-33-12-8-17(30)21-19(9-12)35-25(23(32)22(21)31)13-4-6-16(29)26-20(13)14(10-27)24(36-26)11-3-5-15(28)18(7-11)34-2/h3-9,14,23-25,27-30,32H,10H2,1-2H3/t14-,23-,24+,25+/m0/s1. The first kappa shape index (κ1) is 23.6. The number of aliphatic hydroxyl groups excluding tert-OH is 2. The summed E-state index contributed by atoms with van der Waals surface area (Å²) >= 11 is 0. The van der Waals surface area contributed by atoms with Gasteiger partial charge in [0.25, 0.3) is 0 Å². The van der Waals surface area contributed by atoms with E-state index in [0.29, 0.717) is 16.7 Å². The highest BCUT2D eigenvalue weighted by atomic mass is 16.5. The predicted molar refractivity (Wildman–Crippen MR) is 124 cm³/mol. The largest absolute Gasteiger partial charge is 0.507 e. The van der Waals surface area contributed by atoms with E-state index in [1.807, 2.05) is 0 Å². The number of ether oxygens (including phenoxy) is 4. The van der Waals surface area contributed by atoms with Gasteiger partial charge in [-0.3, -0.25) is 4.79 Å². The van der Waals surface area contributed by atoms with E-state index >= 15 is 0 Å². The Hall–Kier alpha value is -4.15. The molecule has 0 spiro atoms. The Balaban J connectivity index is 1.61. The maximum absolute atomic E-state index is 13.0. The number of ketones is 1. The van der Waals surface area contributed by atoms with E-state index < -0.39 is 36.6 Å². The molecule has 0 saturated carbocycles. The number of methoxy groups -OCH3 is 2. The first-order valence-corrected chi connectivity index (χ1v) is 11.1. The highest BCUT2D eigenvalue weighted by Crippen LogP contribution is 2.54. The number of fused-ring (bicyclic) bond motifs is 2. The fourth-order valence-electron chi connectivity index (χ4n) is 4.83. The quantitative estimate of drug-likeness (QED) is 0.356. The van der Waals surface area contributed by atoms with Crippen LogP contribution in [0, 0.1) is 0 Å². The van der Waals surface area contributed by atoms with Gasteiger partial charge in [0.15, 0.2) is 35.2 Å². The van der Waals surface area contributed by atoms with Crippen molar-refractivity contribution in [3.05, 3.63) is 64.7 Å². The molecule has 10 heteroatoms. The summed E-state index contributed by atoms with van der Waals surface area (Å²) in [6.45, 7) is -0.404. The number of phenols is 3. The van der Waals surface area contributed by atoms with Crippen LogP contribution >= 0.6 is 0 Å². The van der Waals surface area contributed by atoms with Gasteiger partial charge in [0.1, 0.15) is 28.9 Å². The van der Waals surface area contributed by atoms with Gasteiger partial charge in [0, 0.05) is 23.3 Å². The molecule has 0 radical (unpaired) electrons. The molecule has 0 bridgehead atoms. The van der Waals surface area contributed by atoms with Crippen LogP contribution in [-0.2, 0) is 0 Å². The van der Waals surface area contributed by atoms with Crippen LogP contribution in [0.4, 0.5) is 0 Å². The number of carbonyl (C=O) groups excluding carboxylic acids is 1. The number of rotatable bonds is 5. The minimum atomic E-state index is -1.68. The zero-order valence-corrected chi connectivity index (χ0v) is 19.3. The van der Waals surface area contributed by atoms with Crippen molar-refractivity contribution in [2.45, 2.75) is 24.2 Å². The van der Waals surface area contributed by atoms with E-state index in [0.717, 1.165) is 0 Å². The molecule has 5 N–H and O–H groups in total. The van der Waals surface area contributed by atoms with Gasteiger partial charge in [-0.1, -0.05) is 12.1 Å². The summed E-state index contributed by atoms with van der Waals surface area (Å²) in [5, 5.41) is 52.1. The molecule has 188 valence electrons. The van der Waals surface area contributed by atoms with Crippen molar-refractivity contribution >= 4 is 5.78 Å². The van der Waals surface area contributed by atoms with E-state index in [-0.39, 0.29) is 45.8 Å². The van der Waals surface area contributed by atoms with Gasteiger partial charge < -0.3 is 44.5 Å². The second-order valence-corrected chi connectivity index (χ2v) is 8.54. The third-order valence-corrected chi connectivity index (χ3v) is 6.57. The van der Waals surface area contributed by atoms with Crippen molar-refractivity contribution < 1.29 is 49.3 Å². The normalized spacial score (nSPS) is 22.3. The number of Topliss-reactive ketones (excluding diaryl/α,β-unsaturated/α-hetero) is 1. The predicted octanol–water partition coefficient (Wildman–Crippen LogP) is 2.71. The molecule has 2 aliphatic heterocycles. The lowest BCUT2D eigenvalue weighted by atomic mass is 9.84. The first-order valence-electron chi connectivity index (χ1n) is 11.1. The van der Waals surface area contributed by atoms with Crippen LogP contribution in [0.15, 0.2) is 42.5 Å².